The fourth-order valence-electron chi connectivity index (χ4n) is 2.59. The summed E-state index contributed by atoms with van der Waals surface area (Å²) in [5.41, 5.74) is 1.70. The summed E-state index contributed by atoms with van der Waals surface area (Å²) in [7, 11) is 0. The van der Waals surface area contributed by atoms with Gasteiger partial charge in [-0.2, -0.15) is 0 Å². The number of benzene rings is 2. The van der Waals surface area contributed by atoms with Crippen LogP contribution in [0.15, 0.2) is 58.5 Å². The number of alkyl halides is 3. The largest absolute Gasteiger partial charge is 0.573 e. The third-order valence-corrected chi connectivity index (χ3v) is 5.08. The molecule has 2 heterocycles. The van der Waals surface area contributed by atoms with Gasteiger partial charge in [0.15, 0.2) is 10.7 Å². The fraction of sp³-hybridized carbons (Fsp3) is 0.211. The van der Waals surface area contributed by atoms with Gasteiger partial charge in [0.1, 0.15) is 11.9 Å². The third-order valence-electron chi connectivity index (χ3n) is 4.09. The van der Waals surface area contributed by atoms with E-state index in [9.17, 15) is 18.0 Å². The molecule has 7 nitrogen and oxygen atoms in total. The van der Waals surface area contributed by atoms with E-state index in [1.807, 2.05) is 24.3 Å². The van der Waals surface area contributed by atoms with Crippen molar-refractivity contribution in [2.24, 2.45) is 0 Å². The van der Waals surface area contributed by atoms with E-state index in [2.05, 4.69) is 20.1 Å². The summed E-state index contributed by atoms with van der Waals surface area (Å²) < 4.78 is 50.9. The fourth-order valence-corrected chi connectivity index (χ4v) is 3.40. The Morgan fingerprint density at radius 3 is 2.27 bits per heavy atom. The van der Waals surface area contributed by atoms with Crippen molar-refractivity contribution in [3.8, 4) is 16.9 Å². The molecular weight excluding hydrogens is 423 g/mol. The van der Waals surface area contributed by atoms with Crippen molar-refractivity contribution in [3.05, 3.63) is 54.2 Å². The van der Waals surface area contributed by atoms with E-state index in [-0.39, 0.29) is 17.5 Å². The zero-order chi connectivity index (χ0) is 21.1. The molecule has 0 amide bonds. The highest BCUT2D eigenvalue weighted by Gasteiger charge is 2.31. The van der Waals surface area contributed by atoms with Crippen molar-refractivity contribution < 1.29 is 32.2 Å². The lowest BCUT2D eigenvalue weighted by Crippen LogP contribution is -2.37. The van der Waals surface area contributed by atoms with Gasteiger partial charge in [0.2, 0.25) is 0 Å². The Bertz CT molecular complexity index is 1020. The van der Waals surface area contributed by atoms with Crippen LogP contribution in [0.2, 0.25) is 0 Å². The minimum Gasteiger partial charge on any atom is -0.453 e. The standard InChI is InChI=1S/C19H14F3N3O4S/c20-19(21,22)29-13-5-1-11(2-6-13)12-3-7-15(8-4-12)30-17-16(23-25-24-17)18(26)28-14-9-27-10-14/h1-8,14H,9-10H2,(H,23,24,25). The Kier molecular flexibility index (Phi) is 5.64. The minimum absolute atomic E-state index is 0.163. The molecule has 0 radical (unpaired) electrons. The number of carbonyl (C=O) groups is 1. The van der Waals surface area contributed by atoms with E-state index in [1.54, 1.807) is 12.1 Å². The molecule has 0 aliphatic carbocycles. The molecule has 0 atom stereocenters. The second-order valence-corrected chi connectivity index (χ2v) is 7.32. The number of hydrogen-bond acceptors (Lipinski definition) is 7. The van der Waals surface area contributed by atoms with Gasteiger partial charge in [0, 0.05) is 4.90 Å². The van der Waals surface area contributed by atoms with Crippen LogP contribution in [0.3, 0.4) is 0 Å². The van der Waals surface area contributed by atoms with Crippen LogP contribution in [0.25, 0.3) is 11.1 Å². The number of aromatic amines is 1. The van der Waals surface area contributed by atoms with Crippen molar-refractivity contribution in [3.63, 3.8) is 0 Å². The van der Waals surface area contributed by atoms with E-state index in [0.29, 0.717) is 18.2 Å². The lowest BCUT2D eigenvalue weighted by Gasteiger charge is -2.25. The summed E-state index contributed by atoms with van der Waals surface area (Å²) >= 11 is 1.23. The van der Waals surface area contributed by atoms with Gasteiger partial charge in [0.05, 0.1) is 13.2 Å². The number of ether oxygens (including phenoxy) is 3. The molecule has 0 spiro atoms. The molecule has 30 heavy (non-hydrogen) atoms. The van der Waals surface area contributed by atoms with Crippen LogP contribution >= 0.6 is 11.8 Å². The van der Waals surface area contributed by atoms with Crippen LogP contribution in [-0.2, 0) is 9.47 Å². The van der Waals surface area contributed by atoms with Crippen LogP contribution in [0.1, 0.15) is 10.5 Å². The molecule has 0 saturated carbocycles. The van der Waals surface area contributed by atoms with Gasteiger partial charge in [-0.05, 0) is 35.4 Å². The van der Waals surface area contributed by atoms with Gasteiger partial charge < -0.3 is 14.2 Å². The summed E-state index contributed by atoms with van der Waals surface area (Å²) in [6.07, 6.45) is -4.98. The summed E-state index contributed by atoms with van der Waals surface area (Å²) in [4.78, 5) is 13.0. The first-order chi connectivity index (χ1) is 14.4. The molecule has 156 valence electrons. The average Bonchev–Trinajstić information content (AvgIpc) is 3.13. The Morgan fingerprint density at radius 2 is 1.70 bits per heavy atom. The lowest BCUT2D eigenvalue weighted by molar-refractivity contribution is -0.274. The molecule has 11 heteroatoms. The van der Waals surface area contributed by atoms with Crippen LogP contribution < -0.4 is 4.74 Å². The van der Waals surface area contributed by atoms with E-state index >= 15 is 0 Å². The number of nitrogens with zero attached hydrogens (tertiary/aromatic N) is 2. The average molecular weight is 437 g/mol. The van der Waals surface area contributed by atoms with Crippen molar-refractivity contribution >= 4 is 17.7 Å². The van der Waals surface area contributed by atoms with E-state index < -0.39 is 12.3 Å². The minimum atomic E-state index is -4.72. The van der Waals surface area contributed by atoms with E-state index in [0.717, 1.165) is 16.0 Å². The summed E-state index contributed by atoms with van der Waals surface area (Å²) in [5, 5.41) is 10.5. The van der Waals surface area contributed by atoms with Crippen LogP contribution in [0.4, 0.5) is 13.2 Å². The van der Waals surface area contributed by atoms with Crippen LogP contribution in [0.5, 0.6) is 5.75 Å². The lowest BCUT2D eigenvalue weighted by atomic mass is 10.1. The maximum atomic E-state index is 12.3. The molecule has 1 aromatic heterocycles. The smallest absolute Gasteiger partial charge is 0.453 e. The molecule has 1 saturated heterocycles. The first kappa shape index (κ1) is 20.2. The summed E-state index contributed by atoms with van der Waals surface area (Å²) in [6.45, 7) is 0.751. The number of hydrogen-bond donors (Lipinski definition) is 1. The highest BCUT2D eigenvalue weighted by Crippen LogP contribution is 2.31. The SMILES string of the molecule is O=C(OC1COC1)c1[nH]nnc1Sc1ccc(-c2ccc(OC(F)(F)F)cc2)cc1. The predicted octanol–water partition coefficient (Wildman–Crippen LogP) is 4.08. The second kappa shape index (κ2) is 8.36. The Morgan fingerprint density at radius 1 is 1.07 bits per heavy atom. The second-order valence-electron chi connectivity index (χ2n) is 6.26. The molecule has 1 fully saturated rings. The normalized spacial score (nSPS) is 14.2. The number of halogens is 3. The Balaban J connectivity index is 1.42. The Hall–Kier alpha value is -3.05. The number of esters is 1. The molecule has 4 rings (SSSR count). The van der Waals surface area contributed by atoms with Gasteiger partial charge >= 0.3 is 12.3 Å². The number of aromatic nitrogens is 3. The molecule has 1 N–H and O–H groups in total. The quantitative estimate of drug-likeness (QED) is 0.582. The number of nitrogens with one attached hydrogen (secondary N) is 1. The number of rotatable bonds is 6. The van der Waals surface area contributed by atoms with E-state index in [4.69, 9.17) is 9.47 Å². The van der Waals surface area contributed by atoms with Crippen molar-refractivity contribution in [2.45, 2.75) is 22.4 Å². The van der Waals surface area contributed by atoms with Crippen molar-refractivity contribution in [1.29, 1.82) is 0 Å². The number of carbonyl (C=O) groups excluding carboxylic acids is 1. The Labute approximate surface area is 172 Å². The summed E-state index contributed by atoms with van der Waals surface area (Å²) in [6, 6.07) is 12.8. The maximum absolute atomic E-state index is 12.3. The highest BCUT2D eigenvalue weighted by molar-refractivity contribution is 7.99. The molecule has 3 aromatic rings. The molecule has 0 bridgehead atoms. The molecular formula is C19H14F3N3O4S. The third kappa shape index (κ3) is 4.92. The highest BCUT2D eigenvalue weighted by atomic mass is 32.2. The molecule has 1 aliphatic rings. The van der Waals surface area contributed by atoms with Crippen LogP contribution in [0, 0.1) is 0 Å². The molecule has 2 aromatic carbocycles. The van der Waals surface area contributed by atoms with Gasteiger partial charge in [-0.1, -0.05) is 41.2 Å². The van der Waals surface area contributed by atoms with Gasteiger partial charge in [-0.15, -0.1) is 18.3 Å². The monoisotopic (exact) mass is 437 g/mol. The number of H-pyrrole nitrogens is 1. The zero-order valence-corrected chi connectivity index (χ0v) is 16.0. The first-order valence-electron chi connectivity index (χ1n) is 8.71. The predicted molar refractivity (Wildman–Crippen MR) is 99.1 cm³/mol. The van der Waals surface area contributed by atoms with E-state index in [1.165, 1.54) is 23.9 Å². The van der Waals surface area contributed by atoms with Crippen LogP contribution in [-0.4, -0.2) is 47.1 Å². The van der Waals surface area contributed by atoms with Gasteiger partial charge in [-0.3, -0.25) is 5.10 Å². The summed E-state index contributed by atoms with van der Waals surface area (Å²) in [5.74, 6) is -0.828. The van der Waals surface area contributed by atoms with Gasteiger partial charge in [-0.25, -0.2) is 4.79 Å². The topological polar surface area (TPSA) is 86.3 Å². The van der Waals surface area contributed by atoms with Crippen molar-refractivity contribution in [1.82, 2.24) is 15.4 Å². The molecule has 1 aliphatic heterocycles. The van der Waals surface area contributed by atoms with Gasteiger partial charge in [0.25, 0.3) is 0 Å². The molecule has 0 unspecified atom stereocenters. The zero-order valence-electron chi connectivity index (χ0n) is 15.2. The first-order valence-corrected chi connectivity index (χ1v) is 9.53. The van der Waals surface area contributed by atoms with Crippen molar-refractivity contribution in [2.75, 3.05) is 13.2 Å². The maximum Gasteiger partial charge on any atom is 0.573 e.